The molecule has 2 N–H and O–H groups in total. The first kappa shape index (κ1) is 26.6. The Kier molecular flexibility index (Phi) is 11.8. The maximum absolute atomic E-state index is 9.24. The number of aliphatic hydroxyl groups excluding tert-OH is 2. The molecular weight excluding hydrogens is 424 g/mol. The average molecular weight is 467 g/mol. The highest BCUT2D eigenvalue weighted by atomic mass is 16.5. The predicted molar refractivity (Wildman–Crippen MR) is 138 cm³/mol. The van der Waals surface area contributed by atoms with E-state index in [0.717, 1.165) is 31.6 Å². The van der Waals surface area contributed by atoms with E-state index in [0.29, 0.717) is 18.6 Å². The van der Waals surface area contributed by atoms with Crippen LogP contribution >= 0.6 is 0 Å². The van der Waals surface area contributed by atoms with E-state index in [4.69, 9.17) is 14.6 Å². The summed E-state index contributed by atoms with van der Waals surface area (Å²) in [6.07, 6.45) is 11.0. The summed E-state index contributed by atoms with van der Waals surface area (Å²) in [6.45, 7) is 4.40. The maximum atomic E-state index is 9.24. The van der Waals surface area contributed by atoms with Crippen LogP contribution in [0.25, 0.3) is 0 Å². The Morgan fingerprint density at radius 3 is 1.59 bits per heavy atom. The van der Waals surface area contributed by atoms with Crippen molar-refractivity contribution >= 4 is 0 Å². The fourth-order valence-electron chi connectivity index (χ4n) is 5.08. The summed E-state index contributed by atoms with van der Waals surface area (Å²) in [4.78, 5) is 0. The molecule has 1 atom stereocenters. The van der Waals surface area contributed by atoms with Crippen LogP contribution in [0.5, 0.6) is 0 Å². The van der Waals surface area contributed by atoms with Crippen molar-refractivity contribution in [3.8, 4) is 0 Å². The minimum atomic E-state index is -0.739. The SMILES string of the molecule is C=CCOC1CCC(c2ccccc2)CC1.OCC(O)COC1CCC(c2ccccc2)CC1. The van der Waals surface area contributed by atoms with Gasteiger partial charge in [0.25, 0.3) is 0 Å². The van der Waals surface area contributed by atoms with Crippen molar-refractivity contribution in [1.82, 2.24) is 0 Å². The van der Waals surface area contributed by atoms with Gasteiger partial charge >= 0.3 is 0 Å². The number of ether oxygens (including phenoxy) is 2. The fraction of sp³-hybridized carbons (Fsp3) is 0.533. The zero-order chi connectivity index (χ0) is 24.0. The highest BCUT2D eigenvalue weighted by molar-refractivity contribution is 5.20. The molecule has 186 valence electrons. The smallest absolute Gasteiger partial charge is 0.100 e. The van der Waals surface area contributed by atoms with E-state index >= 15 is 0 Å². The van der Waals surface area contributed by atoms with Crippen LogP contribution < -0.4 is 0 Å². The summed E-state index contributed by atoms with van der Waals surface area (Å²) in [6, 6.07) is 21.5. The van der Waals surface area contributed by atoms with Crippen LogP contribution in [0, 0.1) is 0 Å². The molecule has 34 heavy (non-hydrogen) atoms. The van der Waals surface area contributed by atoms with Crippen molar-refractivity contribution < 1.29 is 19.7 Å². The van der Waals surface area contributed by atoms with E-state index in [9.17, 15) is 5.11 Å². The van der Waals surface area contributed by atoms with Gasteiger partial charge in [0.15, 0.2) is 0 Å². The molecule has 0 heterocycles. The summed E-state index contributed by atoms with van der Waals surface area (Å²) in [5, 5.41) is 18.0. The third-order valence-corrected chi connectivity index (χ3v) is 7.08. The Labute approximate surface area is 205 Å². The molecule has 2 fully saturated rings. The van der Waals surface area contributed by atoms with Crippen molar-refractivity contribution in [2.24, 2.45) is 0 Å². The van der Waals surface area contributed by atoms with Crippen molar-refractivity contribution in [2.75, 3.05) is 19.8 Å². The maximum Gasteiger partial charge on any atom is 0.100 e. The van der Waals surface area contributed by atoms with Gasteiger partial charge in [0.1, 0.15) is 6.10 Å². The molecular formula is C30H42O4. The molecule has 2 aliphatic carbocycles. The van der Waals surface area contributed by atoms with Crippen molar-refractivity contribution in [1.29, 1.82) is 0 Å². The van der Waals surface area contributed by atoms with E-state index in [2.05, 4.69) is 67.2 Å². The molecule has 2 saturated carbocycles. The highest BCUT2D eigenvalue weighted by Crippen LogP contribution is 2.34. The predicted octanol–water partition coefficient (Wildman–Crippen LogP) is 6.00. The number of hydrogen-bond acceptors (Lipinski definition) is 4. The number of rotatable bonds is 9. The molecule has 0 aromatic heterocycles. The average Bonchev–Trinajstić information content (AvgIpc) is 2.92. The van der Waals surface area contributed by atoms with E-state index < -0.39 is 6.10 Å². The van der Waals surface area contributed by atoms with Crippen LogP contribution in [0.1, 0.15) is 74.3 Å². The van der Waals surface area contributed by atoms with Crippen LogP contribution in [0.15, 0.2) is 73.3 Å². The van der Waals surface area contributed by atoms with Crippen LogP contribution in [0.3, 0.4) is 0 Å². The summed E-state index contributed by atoms with van der Waals surface area (Å²) in [7, 11) is 0. The first-order valence-electron chi connectivity index (χ1n) is 12.9. The fourth-order valence-corrected chi connectivity index (χ4v) is 5.08. The second-order valence-corrected chi connectivity index (χ2v) is 9.56. The first-order chi connectivity index (χ1) is 16.7. The zero-order valence-electron chi connectivity index (χ0n) is 20.4. The van der Waals surface area contributed by atoms with Crippen molar-refractivity contribution in [3.63, 3.8) is 0 Å². The minimum Gasteiger partial charge on any atom is -0.394 e. The lowest BCUT2D eigenvalue weighted by molar-refractivity contribution is -0.0412. The topological polar surface area (TPSA) is 58.9 Å². The lowest BCUT2D eigenvalue weighted by Crippen LogP contribution is -2.27. The summed E-state index contributed by atoms with van der Waals surface area (Å²) in [5.41, 5.74) is 2.91. The van der Waals surface area contributed by atoms with E-state index in [-0.39, 0.29) is 19.3 Å². The Hall–Kier alpha value is -1.98. The molecule has 2 aromatic carbocycles. The van der Waals surface area contributed by atoms with Gasteiger partial charge in [-0.05, 0) is 74.3 Å². The molecule has 4 heteroatoms. The van der Waals surface area contributed by atoms with Gasteiger partial charge in [-0.1, -0.05) is 66.7 Å². The Balaban J connectivity index is 0.000000192. The molecule has 4 nitrogen and oxygen atoms in total. The molecule has 0 radical (unpaired) electrons. The standard InChI is InChI=1S/C15H22O3.C15H20O/c16-10-14(17)11-18-15-8-6-13(7-9-15)12-4-2-1-3-5-12;1-2-12-16-15-10-8-14(9-11-15)13-6-4-3-5-7-13/h1-5,13-17H,6-11H2;2-7,14-15H,1,8-12H2. The minimum absolute atomic E-state index is 0.223. The Bertz CT molecular complexity index is 778. The van der Waals surface area contributed by atoms with E-state index in [1.807, 2.05) is 6.08 Å². The summed E-state index contributed by atoms with van der Waals surface area (Å²) < 4.78 is 11.3. The summed E-state index contributed by atoms with van der Waals surface area (Å²) >= 11 is 0. The van der Waals surface area contributed by atoms with Gasteiger partial charge in [-0.3, -0.25) is 0 Å². The summed E-state index contributed by atoms with van der Waals surface area (Å²) in [5.74, 6) is 1.39. The normalized spacial score (nSPS) is 25.6. The molecule has 4 rings (SSSR count). The van der Waals surface area contributed by atoms with Gasteiger partial charge in [0, 0.05) is 0 Å². The molecule has 0 bridgehead atoms. The van der Waals surface area contributed by atoms with Gasteiger partial charge in [-0.25, -0.2) is 0 Å². The van der Waals surface area contributed by atoms with Gasteiger partial charge in [-0.2, -0.15) is 0 Å². The van der Waals surface area contributed by atoms with Gasteiger partial charge in [-0.15, -0.1) is 6.58 Å². The van der Waals surface area contributed by atoms with Crippen LogP contribution in [0.4, 0.5) is 0 Å². The number of aliphatic hydroxyl groups is 2. The molecule has 0 saturated heterocycles. The Morgan fingerprint density at radius 2 is 1.18 bits per heavy atom. The molecule has 1 unspecified atom stereocenters. The number of hydrogen-bond donors (Lipinski definition) is 2. The van der Waals surface area contributed by atoms with Crippen LogP contribution in [-0.2, 0) is 9.47 Å². The largest absolute Gasteiger partial charge is 0.394 e. The molecule has 2 aromatic rings. The second-order valence-electron chi connectivity index (χ2n) is 9.56. The van der Waals surface area contributed by atoms with E-state index in [1.54, 1.807) is 0 Å². The van der Waals surface area contributed by atoms with Crippen LogP contribution in [-0.4, -0.2) is 48.3 Å². The first-order valence-corrected chi connectivity index (χ1v) is 12.9. The van der Waals surface area contributed by atoms with Crippen molar-refractivity contribution in [3.05, 3.63) is 84.4 Å². The molecule has 2 aliphatic rings. The Morgan fingerprint density at radius 1 is 0.735 bits per heavy atom. The van der Waals surface area contributed by atoms with Gasteiger partial charge in [0.2, 0.25) is 0 Å². The molecule has 0 spiro atoms. The third kappa shape index (κ3) is 8.99. The van der Waals surface area contributed by atoms with Crippen LogP contribution in [0.2, 0.25) is 0 Å². The highest BCUT2D eigenvalue weighted by Gasteiger charge is 2.23. The monoisotopic (exact) mass is 466 g/mol. The molecule has 0 aliphatic heterocycles. The lowest BCUT2D eigenvalue weighted by Gasteiger charge is -2.29. The van der Waals surface area contributed by atoms with Crippen molar-refractivity contribution in [2.45, 2.75) is 81.5 Å². The second kappa shape index (κ2) is 15.1. The molecule has 0 amide bonds. The number of benzene rings is 2. The lowest BCUT2D eigenvalue weighted by atomic mass is 9.83. The van der Waals surface area contributed by atoms with Gasteiger partial charge < -0.3 is 19.7 Å². The van der Waals surface area contributed by atoms with Gasteiger partial charge in [0.05, 0.1) is 32.0 Å². The quantitative estimate of drug-likeness (QED) is 0.445. The van der Waals surface area contributed by atoms with E-state index in [1.165, 1.54) is 36.8 Å². The third-order valence-electron chi connectivity index (χ3n) is 7.08. The zero-order valence-corrected chi connectivity index (χ0v) is 20.4.